The molecular weight excluding hydrogens is 294 g/mol. The van der Waals surface area contributed by atoms with E-state index in [4.69, 9.17) is 4.98 Å². The lowest BCUT2D eigenvalue weighted by Crippen LogP contribution is -2.42. The van der Waals surface area contributed by atoms with E-state index in [1.165, 1.54) is 16.3 Å². The topological polar surface area (TPSA) is 41.3 Å². The number of fused-ring (bicyclic) bond motifs is 1. The third kappa shape index (κ3) is 2.98. The van der Waals surface area contributed by atoms with Crippen molar-refractivity contribution in [1.29, 1.82) is 0 Å². The van der Waals surface area contributed by atoms with Gasteiger partial charge in [-0.1, -0.05) is 26.8 Å². The van der Waals surface area contributed by atoms with Crippen LogP contribution >= 0.6 is 11.3 Å². The second kappa shape index (κ2) is 5.80. The molecule has 22 heavy (non-hydrogen) atoms. The third-order valence-corrected chi connectivity index (χ3v) is 5.37. The van der Waals surface area contributed by atoms with Gasteiger partial charge in [-0.2, -0.15) is 0 Å². The predicted molar refractivity (Wildman–Crippen MR) is 91.0 cm³/mol. The van der Waals surface area contributed by atoms with Crippen molar-refractivity contribution in [3.8, 4) is 10.7 Å². The summed E-state index contributed by atoms with van der Waals surface area (Å²) < 4.78 is 2.23. The van der Waals surface area contributed by atoms with Crippen LogP contribution in [0.1, 0.15) is 32.2 Å². The largest absolute Gasteiger partial charge is 0.391 e. The van der Waals surface area contributed by atoms with Gasteiger partial charge in [0.25, 0.3) is 0 Å². The Labute approximate surface area is 136 Å². The molecule has 0 saturated carbocycles. The highest BCUT2D eigenvalue weighted by molar-refractivity contribution is 7.13. The molecule has 1 unspecified atom stereocenters. The maximum absolute atomic E-state index is 10.3. The zero-order valence-corrected chi connectivity index (χ0v) is 14.7. The van der Waals surface area contributed by atoms with Gasteiger partial charge in [0.1, 0.15) is 5.82 Å². The number of rotatable bonds is 3. The van der Waals surface area contributed by atoms with Crippen LogP contribution in [0.5, 0.6) is 0 Å². The molecule has 0 saturated heterocycles. The van der Waals surface area contributed by atoms with Crippen molar-refractivity contribution >= 4 is 11.3 Å². The Morgan fingerprint density at radius 1 is 1.41 bits per heavy atom. The van der Waals surface area contributed by atoms with Gasteiger partial charge in [-0.15, -0.1) is 11.3 Å². The van der Waals surface area contributed by atoms with E-state index in [1.54, 1.807) is 11.3 Å². The molecule has 0 aliphatic carbocycles. The molecule has 120 valence electrons. The molecule has 0 bridgehead atoms. The first-order chi connectivity index (χ1) is 10.4. The fraction of sp³-hybridized carbons (Fsp3) is 0.588. The minimum atomic E-state index is -0.311. The van der Waals surface area contributed by atoms with Gasteiger partial charge in [0.2, 0.25) is 0 Å². The van der Waals surface area contributed by atoms with Gasteiger partial charge in [-0.3, -0.25) is 4.90 Å². The van der Waals surface area contributed by atoms with Gasteiger partial charge >= 0.3 is 0 Å². The van der Waals surface area contributed by atoms with E-state index in [0.29, 0.717) is 6.54 Å². The molecular formula is C17H25N3OS. The number of aliphatic hydroxyl groups is 1. The van der Waals surface area contributed by atoms with E-state index in [1.807, 2.05) is 0 Å². The summed E-state index contributed by atoms with van der Waals surface area (Å²) in [4.78, 5) is 8.41. The smallest absolute Gasteiger partial charge is 0.150 e. The molecule has 3 heterocycles. The van der Waals surface area contributed by atoms with Gasteiger partial charge in [0, 0.05) is 38.8 Å². The Bertz CT molecular complexity index is 640. The van der Waals surface area contributed by atoms with Crippen molar-refractivity contribution in [2.75, 3.05) is 13.1 Å². The fourth-order valence-corrected chi connectivity index (χ4v) is 3.63. The Morgan fingerprint density at radius 2 is 2.18 bits per heavy atom. The first-order valence-corrected chi connectivity index (χ1v) is 8.73. The molecule has 4 nitrogen and oxygen atoms in total. The highest BCUT2D eigenvalue weighted by Gasteiger charge is 2.28. The summed E-state index contributed by atoms with van der Waals surface area (Å²) in [6.45, 7) is 8.80. The zero-order chi connectivity index (χ0) is 15.9. The van der Waals surface area contributed by atoms with Crippen molar-refractivity contribution in [2.45, 2.75) is 39.8 Å². The van der Waals surface area contributed by atoms with Gasteiger partial charge in [-0.25, -0.2) is 4.98 Å². The van der Waals surface area contributed by atoms with E-state index < -0.39 is 0 Å². The number of imidazole rings is 1. The lowest BCUT2D eigenvalue weighted by molar-refractivity contribution is 0.0242. The lowest BCUT2D eigenvalue weighted by Gasteiger charge is -2.33. The van der Waals surface area contributed by atoms with Crippen molar-refractivity contribution < 1.29 is 5.11 Å². The average Bonchev–Trinajstić information content (AvgIpc) is 3.06. The SMILES string of the molecule is Cn1c(-c2cccs2)nc2c1CCN(CC(O)C(C)(C)C)C2. The van der Waals surface area contributed by atoms with Gasteiger partial charge in [-0.05, 0) is 16.9 Å². The molecule has 1 aliphatic rings. The second-order valence-electron chi connectivity index (χ2n) is 7.23. The molecule has 0 fully saturated rings. The number of aromatic nitrogens is 2. The van der Waals surface area contributed by atoms with E-state index in [0.717, 1.165) is 25.3 Å². The number of β-amino-alcohol motifs (C(OH)–C–C–N with tert-alkyl or cyclic N) is 1. The standard InChI is InChI=1S/C17H25N3OS/c1-17(2,3)15(21)11-20-8-7-13-12(10-20)18-16(19(13)4)14-6-5-9-22-14/h5-6,9,15,21H,7-8,10-11H2,1-4H3. The van der Waals surface area contributed by atoms with Crippen LogP contribution in [-0.4, -0.2) is 38.8 Å². The van der Waals surface area contributed by atoms with Crippen molar-refractivity contribution in [3.63, 3.8) is 0 Å². The summed E-state index contributed by atoms with van der Waals surface area (Å²) in [6.07, 6.45) is 0.690. The van der Waals surface area contributed by atoms with Gasteiger partial charge < -0.3 is 9.67 Å². The Kier molecular flexibility index (Phi) is 4.14. The Morgan fingerprint density at radius 3 is 2.82 bits per heavy atom. The summed E-state index contributed by atoms with van der Waals surface area (Å²) in [7, 11) is 2.11. The Balaban J connectivity index is 1.78. The highest BCUT2D eigenvalue weighted by atomic mass is 32.1. The van der Waals surface area contributed by atoms with Crippen LogP contribution < -0.4 is 0 Å². The second-order valence-corrected chi connectivity index (χ2v) is 8.18. The third-order valence-electron chi connectivity index (χ3n) is 4.51. The maximum Gasteiger partial charge on any atom is 0.150 e. The van der Waals surface area contributed by atoms with E-state index in [2.05, 4.69) is 54.8 Å². The van der Waals surface area contributed by atoms with E-state index in [-0.39, 0.29) is 11.5 Å². The van der Waals surface area contributed by atoms with Crippen LogP contribution in [0.3, 0.4) is 0 Å². The summed E-state index contributed by atoms with van der Waals surface area (Å²) in [6, 6.07) is 4.19. The molecule has 0 radical (unpaired) electrons. The molecule has 1 aliphatic heterocycles. The van der Waals surface area contributed by atoms with Gasteiger partial charge in [0.15, 0.2) is 0 Å². The minimum Gasteiger partial charge on any atom is -0.391 e. The predicted octanol–water partition coefficient (Wildman–Crippen LogP) is 2.91. The lowest BCUT2D eigenvalue weighted by atomic mass is 9.88. The number of thiophene rings is 1. The van der Waals surface area contributed by atoms with Crippen LogP contribution in [0.25, 0.3) is 10.7 Å². The van der Waals surface area contributed by atoms with Crippen LogP contribution in [0.15, 0.2) is 17.5 Å². The monoisotopic (exact) mass is 319 g/mol. The van der Waals surface area contributed by atoms with Crippen LogP contribution in [0.2, 0.25) is 0 Å². The van der Waals surface area contributed by atoms with Crippen LogP contribution in [-0.2, 0) is 20.0 Å². The number of hydrogen-bond acceptors (Lipinski definition) is 4. The molecule has 0 spiro atoms. The molecule has 5 heteroatoms. The average molecular weight is 319 g/mol. The van der Waals surface area contributed by atoms with Crippen LogP contribution in [0.4, 0.5) is 0 Å². The Hall–Kier alpha value is -1.17. The van der Waals surface area contributed by atoms with E-state index >= 15 is 0 Å². The highest BCUT2D eigenvalue weighted by Crippen LogP contribution is 2.29. The minimum absolute atomic E-state index is 0.0769. The molecule has 1 N–H and O–H groups in total. The zero-order valence-electron chi connectivity index (χ0n) is 13.8. The molecule has 1 atom stereocenters. The van der Waals surface area contributed by atoms with Crippen LogP contribution in [0, 0.1) is 5.41 Å². The summed E-state index contributed by atoms with van der Waals surface area (Å²) in [5.41, 5.74) is 2.43. The quantitative estimate of drug-likeness (QED) is 0.946. The van der Waals surface area contributed by atoms with E-state index in [9.17, 15) is 5.11 Å². The summed E-state index contributed by atoms with van der Waals surface area (Å²) in [5, 5.41) is 12.4. The molecule has 0 aromatic carbocycles. The molecule has 3 rings (SSSR count). The normalized spacial score (nSPS) is 17.5. The first-order valence-electron chi connectivity index (χ1n) is 7.85. The summed E-state index contributed by atoms with van der Waals surface area (Å²) in [5.74, 6) is 1.07. The maximum atomic E-state index is 10.3. The summed E-state index contributed by atoms with van der Waals surface area (Å²) >= 11 is 1.73. The number of aliphatic hydroxyl groups excluding tert-OH is 1. The molecule has 0 amide bonds. The van der Waals surface area contributed by atoms with Crippen molar-refractivity contribution in [1.82, 2.24) is 14.5 Å². The molecule has 2 aromatic rings. The van der Waals surface area contributed by atoms with Crippen molar-refractivity contribution in [3.05, 3.63) is 28.9 Å². The number of nitrogens with zero attached hydrogens (tertiary/aromatic N) is 3. The fourth-order valence-electron chi connectivity index (χ4n) is 2.88. The molecule has 2 aromatic heterocycles. The van der Waals surface area contributed by atoms with Gasteiger partial charge in [0.05, 0.1) is 16.7 Å². The van der Waals surface area contributed by atoms with Crippen molar-refractivity contribution in [2.24, 2.45) is 12.5 Å². The number of hydrogen-bond donors (Lipinski definition) is 1. The first kappa shape index (κ1) is 15.7.